The predicted octanol–water partition coefficient (Wildman–Crippen LogP) is 13.8. The highest BCUT2D eigenvalue weighted by Crippen LogP contribution is 2.45. The van der Waals surface area contributed by atoms with Crippen LogP contribution in [0.5, 0.6) is 11.5 Å². The Morgan fingerprint density at radius 1 is 0.763 bits per heavy atom. The minimum absolute atomic E-state index is 0.166. The number of hydrogen-bond acceptors (Lipinski definition) is 3. The summed E-state index contributed by atoms with van der Waals surface area (Å²) < 4.78 is 92.4. The van der Waals surface area contributed by atoms with Gasteiger partial charge in [-0.3, -0.25) is 0 Å². The first-order chi connectivity index (χ1) is 27.2. The maximum Gasteiger partial charge on any atom is 0.416 e. The Bertz CT molecular complexity index is 2270. The molecule has 1 heterocycles. The summed E-state index contributed by atoms with van der Waals surface area (Å²) in [5, 5.41) is 8.93. The number of halogens is 6. The van der Waals surface area contributed by atoms with Gasteiger partial charge in [0.1, 0.15) is 11.5 Å². The van der Waals surface area contributed by atoms with E-state index >= 15 is 0 Å². The van der Waals surface area contributed by atoms with Gasteiger partial charge in [0.15, 0.2) is 0 Å². The third kappa shape index (κ3) is 10.6. The van der Waals surface area contributed by atoms with Crippen LogP contribution in [0.4, 0.5) is 37.7 Å². The largest absolute Gasteiger partial charge is 0.593 e. The van der Waals surface area contributed by atoms with Gasteiger partial charge in [0.05, 0.1) is 22.8 Å². The van der Waals surface area contributed by atoms with Crippen LogP contribution in [-0.4, -0.2) is 33.3 Å². The fraction of sp³-hybridized carbons (Fsp3) is 0.347. The van der Waals surface area contributed by atoms with Crippen LogP contribution >= 0.6 is 0 Å². The van der Waals surface area contributed by atoms with E-state index in [1.54, 1.807) is 18.2 Å². The molecule has 2 N–H and O–H groups in total. The summed E-state index contributed by atoms with van der Waals surface area (Å²) in [6.45, 7) is 16.4. The van der Waals surface area contributed by atoms with E-state index in [1.807, 2.05) is 134 Å². The van der Waals surface area contributed by atoms with Crippen LogP contribution in [0, 0.1) is 10.8 Å². The summed E-state index contributed by atoms with van der Waals surface area (Å²) in [6, 6.07) is 13.1. The molecule has 0 saturated carbocycles. The van der Waals surface area contributed by atoms with Gasteiger partial charge in [0, 0.05) is 56.6 Å². The van der Waals surface area contributed by atoms with Crippen LogP contribution in [0.25, 0.3) is 16.7 Å². The molecule has 59 heavy (non-hydrogen) atoms. The van der Waals surface area contributed by atoms with Crippen LogP contribution < -0.4 is 14.5 Å². The van der Waals surface area contributed by atoms with E-state index in [0.717, 1.165) is 40.2 Å². The van der Waals surface area contributed by atoms with E-state index < -0.39 is 23.5 Å². The van der Waals surface area contributed by atoms with Crippen molar-refractivity contribution in [3.63, 3.8) is 0 Å². The second-order valence-electron chi connectivity index (χ2n) is 17.6. The van der Waals surface area contributed by atoms with E-state index in [9.17, 15) is 26.3 Å². The Kier molecular flexibility index (Phi) is 12.7. The third-order valence-corrected chi connectivity index (χ3v) is 10.5. The SMILES string of the molecule is C=C(/C=C(/C=C/C1=C(c2cc(C(F)(F)F)cc(C(F)(F)F)c2)C(=C/C=C2\C=C(C(C)(C)C)Oc3cc(N(C)C)ccc32)/CCC1)c1ccc(N(C)C)cc1[OH2+])C(C)(C)C. The molecule has 0 unspecified atom stereocenters. The van der Waals surface area contributed by atoms with Crippen LogP contribution in [-0.2, 0) is 12.4 Å². The number of anilines is 2. The predicted molar refractivity (Wildman–Crippen MR) is 232 cm³/mol. The minimum Gasteiger partial charge on any atom is -0.593 e. The molecule has 0 saturated heterocycles. The molecule has 0 fully saturated rings. The Morgan fingerprint density at radius 3 is 1.90 bits per heavy atom. The molecule has 0 amide bonds. The van der Waals surface area contributed by atoms with E-state index in [1.165, 1.54) is 0 Å². The molecule has 314 valence electrons. The second-order valence-corrected chi connectivity index (χ2v) is 17.6. The average molecular weight is 818 g/mol. The lowest BCUT2D eigenvalue weighted by Gasteiger charge is -2.29. The molecular weight excluding hydrogens is 763 g/mol. The maximum absolute atomic E-state index is 14.3. The number of benzene rings is 3. The van der Waals surface area contributed by atoms with E-state index in [0.29, 0.717) is 58.6 Å². The highest BCUT2D eigenvalue weighted by atomic mass is 19.4. The zero-order chi connectivity index (χ0) is 43.8. The molecule has 3 aromatic rings. The summed E-state index contributed by atoms with van der Waals surface area (Å²) in [5.41, 5.74) is 3.24. The molecule has 10 heteroatoms. The van der Waals surface area contributed by atoms with E-state index in [2.05, 4.69) is 6.58 Å². The number of ether oxygens (including phenoxy) is 1. The molecule has 0 radical (unpaired) electrons. The van der Waals surface area contributed by atoms with Crippen LogP contribution in [0.3, 0.4) is 0 Å². The Hall–Kier alpha value is -5.38. The highest BCUT2D eigenvalue weighted by Gasteiger charge is 2.38. The Balaban J connectivity index is 1.80. The number of fused-ring (bicyclic) bond motifs is 1. The molecule has 1 aliphatic carbocycles. The van der Waals surface area contributed by atoms with Crippen molar-refractivity contribution in [2.75, 3.05) is 38.0 Å². The molecule has 0 spiro atoms. The van der Waals surface area contributed by atoms with Crippen molar-refractivity contribution in [3.8, 4) is 11.5 Å². The van der Waals surface area contributed by atoms with Gasteiger partial charge in [0.2, 0.25) is 0 Å². The van der Waals surface area contributed by atoms with Gasteiger partial charge in [-0.05, 0) is 112 Å². The van der Waals surface area contributed by atoms with Crippen molar-refractivity contribution >= 4 is 28.1 Å². The summed E-state index contributed by atoms with van der Waals surface area (Å²) in [5.74, 6) is 1.61. The summed E-state index contributed by atoms with van der Waals surface area (Å²) in [7, 11) is 7.62. The first kappa shape index (κ1) is 44.7. The van der Waals surface area contributed by atoms with Crippen molar-refractivity contribution in [3.05, 3.63) is 148 Å². The minimum atomic E-state index is -5.02. The molecular formula is C49H55F6N2O2+. The molecule has 4 nitrogen and oxygen atoms in total. The fourth-order valence-corrected chi connectivity index (χ4v) is 6.78. The monoisotopic (exact) mass is 817 g/mol. The number of alkyl halides is 6. The van der Waals surface area contributed by atoms with Crippen LogP contribution in [0.1, 0.15) is 88.6 Å². The highest BCUT2D eigenvalue weighted by molar-refractivity contribution is 5.88. The van der Waals surface area contributed by atoms with Crippen molar-refractivity contribution in [1.29, 1.82) is 0 Å². The van der Waals surface area contributed by atoms with Gasteiger partial charge in [-0.15, -0.1) is 0 Å². The molecule has 2 aliphatic rings. The summed E-state index contributed by atoms with van der Waals surface area (Å²) in [4.78, 5) is 3.85. The standard InChI is InChI=1S/C49H54F6N2O2/c1-30(46(2,3)4)23-33(40-21-19-38(56(8)9)28-42(40)58)17-15-31-13-12-14-32(45(31)35-24-36(48(50,51)52)27-37(25-35)49(53,54)55)16-18-34-26-44(47(5,6)7)59-43-29-39(57(10)11)20-22-41(34)43/h15-29,58H,1,12-14H2,2-11H3/p+1/b17-15+,32-16+,33-23-,34-18+. The number of hydrogen-bond donors (Lipinski definition) is 0. The van der Waals surface area contributed by atoms with E-state index in [4.69, 9.17) is 9.84 Å². The quantitative estimate of drug-likeness (QED) is 0.129. The van der Waals surface area contributed by atoms with Crippen molar-refractivity contribution in [2.24, 2.45) is 10.8 Å². The molecule has 0 aromatic heterocycles. The van der Waals surface area contributed by atoms with Crippen LogP contribution in [0.2, 0.25) is 0 Å². The molecule has 3 aromatic carbocycles. The Labute approximate surface area is 344 Å². The average Bonchev–Trinajstić information content (AvgIpc) is 3.13. The number of rotatable bonds is 8. The van der Waals surface area contributed by atoms with Gasteiger partial charge in [-0.1, -0.05) is 78.5 Å². The topological polar surface area (TPSA) is 38.6 Å². The Morgan fingerprint density at radius 2 is 1.36 bits per heavy atom. The lowest BCUT2D eigenvalue weighted by atomic mass is 9.81. The molecule has 0 bridgehead atoms. The molecule has 1 aliphatic heterocycles. The van der Waals surface area contributed by atoms with Crippen molar-refractivity contribution in [1.82, 2.24) is 0 Å². The zero-order valence-corrected chi connectivity index (χ0v) is 35.6. The van der Waals surface area contributed by atoms with Gasteiger partial charge in [0.25, 0.3) is 5.75 Å². The first-order valence-corrected chi connectivity index (χ1v) is 19.5. The number of nitrogens with zero attached hydrogens (tertiary/aromatic N) is 2. The smallest absolute Gasteiger partial charge is 0.416 e. The van der Waals surface area contributed by atoms with Crippen molar-refractivity contribution < 1.29 is 36.2 Å². The zero-order valence-electron chi connectivity index (χ0n) is 35.6. The first-order valence-electron chi connectivity index (χ1n) is 19.5. The van der Waals surface area contributed by atoms with Crippen molar-refractivity contribution in [2.45, 2.75) is 73.2 Å². The second kappa shape index (κ2) is 16.7. The maximum atomic E-state index is 14.3. The summed E-state index contributed by atoms with van der Waals surface area (Å²) in [6.07, 6.45) is 2.46. The van der Waals surface area contributed by atoms with E-state index in [-0.39, 0.29) is 28.2 Å². The number of allylic oxidation sites excluding steroid dienone is 13. The van der Waals surface area contributed by atoms with Gasteiger partial charge < -0.3 is 19.6 Å². The molecule has 5 rings (SSSR count). The normalized spacial score (nSPS) is 17.0. The lowest BCUT2D eigenvalue weighted by Crippen LogP contribution is -2.18. The van der Waals surface area contributed by atoms with Gasteiger partial charge >= 0.3 is 12.4 Å². The molecule has 0 atom stereocenters. The summed E-state index contributed by atoms with van der Waals surface area (Å²) >= 11 is 0. The van der Waals surface area contributed by atoms with Gasteiger partial charge in [-0.25, -0.2) is 0 Å². The van der Waals surface area contributed by atoms with Gasteiger partial charge in [-0.2, -0.15) is 26.3 Å². The third-order valence-electron chi connectivity index (χ3n) is 10.5. The van der Waals surface area contributed by atoms with Crippen LogP contribution in [0.15, 0.2) is 120 Å². The lowest BCUT2D eigenvalue weighted by molar-refractivity contribution is -0.143. The fourth-order valence-electron chi connectivity index (χ4n) is 6.78.